The number of carbonyl (C=O) groups excluding carboxylic acids is 1. The summed E-state index contributed by atoms with van der Waals surface area (Å²) in [5.74, 6) is 0.0554. The summed E-state index contributed by atoms with van der Waals surface area (Å²) < 4.78 is 0. The van der Waals surface area contributed by atoms with Crippen molar-refractivity contribution in [2.45, 2.75) is 31.9 Å². The molecule has 4 nitrogen and oxygen atoms in total. The number of aromatic amines is 1. The fourth-order valence-corrected chi connectivity index (χ4v) is 3.72. The molecule has 0 saturated carbocycles. The van der Waals surface area contributed by atoms with Crippen molar-refractivity contribution in [1.29, 1.82) is 0 Å². The Hall–Kier alpha value is -2.59. The molecular weight excluding hydrogens is 312 g/mol. The number of rotatable bonds is 4. The van der Waals surface area contributed by atoms with Gasteiger partial charge in [0.2, 0.25) is 5.91 Å². The molecule has 2 N–H and O–H groups in total. The Balaban J connectivity index is 1.69. The number of carbonyl (C=O) groups is 1. The van der Waals surface area contributed by atoms with Crippen molar-refractivity contribution in [1.82, 2.24) is 9.88 Å². The van der Waals surface area contributed by atoms with E-state index in [1.54, 1.807) is 4.90 Å². The molecule has 1 atom stereocenters. The summed E-state index contributed by atoms with van der Waals surface area (Å²) >= 11 is 0. The van der Waals surface area contributed by atoms with Gasteiger partial charge in [-0.05, 0) is 36.5 Å². The van der Waals surface area contributed by atoms with E-state index in [2.05, 4.69) is 29.2 Å². The summed E-state index contributed by atoms with van der Waals surface area (Å²) in [7, 11) is 0. The van der Waals surface area contributed by atoms with E-state index in [1.807, 2.05) is 30.3 Å². The molecule has 2 aromatic carbocycles. The van der Waals surface area contributed by atoms with Crippen LogP contribution in [0.5, 0.6) is 0 Å². The monoisotopic (exact) mass is 334 g/mol. The first-order chi connectivity index (χ1) is 12.2. The largest absolute Gasteiger partial charge is 0.374 e. The molecule has 1 aliphatic rings. The maximum absolute atomic E-state index is 12.1. The Morgan fingerprint density at radius 2 is 1.84 bits per heavy atom. The zero-order valence-electron chi connectivity index (χ0n) is 14.1. The highest BCUT2D eigenvalue weighted by Gasteiger charge is 2.26. The molecule has 4 heteroatoms. The summed E-state index contributed by atoms with van der Waals surface area (Å²) in [6, 6.07) is 18.5. The van der Waals surface area contributed by atoms with Crippen LogP contribution >= 0.6 is 0 Å². The predicted octanol–water partition coefficient (Wildman–Crippen LogP) is 3.71. The van der Waals surface area contributed by atoms with Crippen LogP contribution in [-0.2, 0) is 11.2 Å². The van der Waals surface area contributed by atoms with Gasteiger partial charge in [-0.3, -0.25) is 4.79 Å². The Labute approximate surface area is 147 Å². The van der Waals surface area contributed by atoms with Crippen LogP contribution < -0.4 is 0 Å². The van der Waals surface area contributed by atoms with E-state index in [1.165, 1.54) is 10.9 Å². The highest BCUT2D eigenvalue weighted by Crippen LogP contribution is 2.31. The van der Waals surface area contributed by atoms with Crippen LogP contribution in [0, 0.1) is 0 Å². The molecule has 1 aromatic heterocycles. The Bertz CT molecular complexity index is 885. The number of amides is 1. The maximum Gasteiger partial charge on any atom is 0.224 e. The number of hydrogen-bond acceptors (Lipinski definition) is 2. The van der Waals surface area contributed by atoms with Gasteiger partial charge in [0.25, 0.3) is 0 Å². The van der Waals surface area contributed by atoms with Crippen molar-refractivity contribution in [3.05, 3.63) is 60.2 Å². The van der Waals surface area contributed by atoms with Gasteiger partial charge >= 0.3 is 0 Å². The molecule has 1 aliphatic heterocycles. The second-order valence-electron chi connectivity index (χ2n) is 6.60. The summed E-state index contributed by atoms with van der Waals surface area (Å²) in [6.45, 7) is 0.543. The first kappa shape index (κ1) is 15.9. The first-order valence-corrected chi connectivity index (χ1v) is 8.86. The topological polar surface area (TPSA) is 56.3 Å². The van der Waals surface area contributed by atoms with E-state index >= 15 is 0 Å². The number of aliphatic hydroxyl groups excluding tert-OH is 1. The molecule has 3 aromatic rings. The highest BCUT2D eigenvalue weighted by atomic mass is 16.3. The minimum absolute atomic E-state index is 0.0554. The number of para-hydroxylation sites is 1. The van der Waals surface area contributed by atoms with E-state index in [9.17, 15) is 9.90 Å². The third-order valence-corrected chi connectivity index (χ3v) is 5.01. The average molecular weight is 334 g/mol. The standard InChI is InChI=1S/C21H22N2O2/c24-19-11-6-12-20(25)23(19)14-13-17-16-9-4-5-10-18(16)22-21(17)15-7-2-1-3-8-15/h1-5,7-10,19,22,24H,6,11-14H2. The number of piperidine rings is 1. The molecule has 0 spiro atoms. The lowest BCUT2D eigenvalue weighted by Gasteiger charge is -2.32. The van der Waals surface area contributed by atoms with Crippen molar-refractivity contribution in [2.75, 3.05) is 6.54 Å². The first-order valence-electron chi connectivity index (χ1n) is 8.86. The molecule has 1 amide bonds. The van der Waals surface area contributed by atoms with Gasteiger partial charge in [0.1, 0.15) is 6.23 Å². The molecule has 1 unspecified atom stereocenters. The Morgan fingerprint density at radius 3 is 2.64 bits per heavy atom. The number of fused-ring (bicyclic) bond motifs is 1. The van der Waals surface area contributed by atoms with Crippen molar-refractivity contribution >= 4 is 16.8 Å². The molecule has 1 saturated heterocycles. The SMILES string of the molecule is O=C1CCCC(O)N1CCc1c(-c2ccccc2)[nH]c2ccccc12. The summed E-state index contributed by atoms with van der Waals surface area (Å²) in [5, 5.41) is 11.3. The van der Waals surface area contributed by atoms with Gasteiger partial charge in [-0.2, -0.15) is 0 Å². The number of nitrogens with one attached hydrogen (secondary N) is 1. The Kier molecular flexibility index (Phi) is 4.28. The minimum atomic E-state index is -0.647. The van der Waals surface area contributed by atoms with E-state index in [4.69, 9.17) is 0 Å². The molecule has 0 aliphatic carbocycles. The van der Waals surface area contributed by atoms with Crippen molar-refractivity contribution < 1.29 is 9.90 Å². The van der Waals surface area contributed by atoms with E-state index in [0.29, 0.717) is 19.4 Å². The van der Waals surface area contributed by atoms with Crippen molar-refractivity contribution in [3.63, 3.8) is 0 Å². The quantitative estimate of drug-likeness (QED) is 0.764. The average Bonchev–Trinajstić information content (AvgIpc) is 3.01. The molecule has 0 bridgehead atoms. The number of likely N-dealkylation sites (tertiary alicyclic amines) is 1. The van der Waals surface area contributed by atoms with Crippen molar-refractivity contribution in [2.24, 2.45) is 0 Å². The summed E-state index contributed by atoms with van der Waals surface area (Å²) in [4.78, 5) is 17.3. The summed E-state index contributed by atoms with van der Waals surface area (Å²) in [6.07, 6.45) is 2.06. The minimum Gasteiger partial charge on any atom is -0.374 e. The molecule has 4 rings (SSSR count). The zero-order valence-corrected chi connectivity index (χ0v) is 14.1. The molecule has 2 heterocycles. The number of aliphatic hydroxyl groups is 1. The number of nitrogens with zero attached hydrogens (tertiary/aromatic N) is 1. The fraction of sp³-hybridized carbons (Fsp3) is 0.286. The lowest BCUT2D eigenvalue weighted by atomic mass is 10.0. The van der Waals surface area contributed by atoms with E-state index < -0.39 is 6.23 Å². The third kappa shape index (κ3) is 3.05. The van der Waals surface area contributed by atoms with Gasteiger partial charge in [-0.15, -0.1) is 0 Å². The lowest BCUT2D eigenvalue weighted by molar-refractivity contribution is -0.146. The number of hydrogen-bond donors (Lipinski definition) is 2. The van der Waals surface area contributed by atoms with Crippen molar-refractivity contribution in [3.8, 4) is 11.3 Å². The van der Waals surface area contributed by atoms with Crippen LogP contribution in [0.25, 0.3) is 22.2 Å². The molecule has 0 radical (unpaired) electrons. The van der Waals surface area contributed by atoms with Crippen LogP contribution in [0.3, 0.4) is 0 Å². The van der Waals surface area contributed by atoms with Crippen LogP contribution in [0.1, 0.15) is 24.8 Å². The molecular formula is C21H22N2O2. The van der Waals surface area contributed by atoms with E-state index in [0.717, 1.165) is 29.6 Å². The van der Waals surface area contributed by atoms with Gasteiger partial charge in [0.05, 0.1) is 0 Å². The molecule has 25 heavy (non-hydrogen) atoms. The highest BCUT2D eigenvalue weighted by molar-refractivity contribution is 5.90. The Morgan fingerprint density at radius 1 is 1.08 bits per heavy atom. The smallest absolute Gasteiger partial charge is 0.224 e. The number of H-pyrrole nitrogens is 1. The van der Waals surface area contributed by atoms with Gasteiger partial charge in [0.15, 0.2) is 0 Å². The third-order valence-electron chi connectivity index (χ3n) is 5.01. The zero-order chi connectivity index (χ0) is 17.2. The predicted molar refractivity (Wildman–Crippen MR) is 99.0 cm³/mol. The fourth-order valence-electron chi connectivity index (χ4n) is 3.72. The number of benzene rings is 2. The van der Waals surface area contributed by atoms with Crippen LogP contribution in [-0.4, -0.2) is 33.7 Å². The maximum atomic E-state index is 12.1. The van der Waals surface area contributed by atoms with E-state index in [-0.39, 0.29) is 5.91 Å². The van der Waals surface area contributed by atoms with Crippen LogP contribution in [0.4, 0.5) is 0 Å². The van der Waals surface area contributed by atoms with Gasteiger partial charge < -0.3 is 15.0 Å². The van der Waals surface area contributed by atoms with Crippen LogP contribution in [0.2, 0.25) is 0 Å². The molecule has 128 valence electrons. The van der Waals surface area contributed by atoms with Crippen LogP contribution in [0.15, 0.2) is 54.6 Å². The second-order valence-corrected chi connectivity index (χ2v) is 6.60. The second kappa shape index (κ2) is 6.73. The normalized spacial score (nSPS) is 18.0. The lowest BCUT2D eigenvalue weighted by Crippen LogP contribution is -2.44. The van der Waals surface area contributed by atoms with Gasteiger partial charge in [-0.25, -0.2) is 0 Å². The van der Waals surface area contributed by atoms with Gasteiger partial charge in [0, 0.05) is 29.6 Å². The van der Waals surface area contributed by atoms with Gasteiger partial charge in [-0.1, -0.05) is 48.5 Å². The number of aromatic nitrogens is 1. The molecule has 1 fully saturated rings. The summed E-state index contributed by atoms with van der Waals surface area (Å²) in [5.41, 5.74) is 4.54.